The molecule has 0 saturated carbocycles. The van der Waals surface area contributed by atoms with Crippen LogP contribution in [0.1, 0.15) is 11.1 Å². The SMILES string of the molecule is COc1cc(C[C@]2(c3ccccc3)N=C(N)NC2=O)cc(OC)c1OC. The number of hydrogen-bond acceptors (Lipinski definition) is 6. The molecule has 0 aliphatic carbocycles. The van der Waals surface area contributed by atoms with Gasteiger partial charge in [0.2, 0.25) is 5.75 Å². The average Bonchev–Trinajstić information content (AvgIpc) is 2.95. The Morgan fingerprint density at radius 2 is 1.65 bits per heavy atom. The molecule has 1 atom stereocenters. The van der Waals surface area contributed by atoms with Crippen LogP contribution in [0.4, 0.5) is 0 Å². The molecule has 0 radical (unpaired) electrons. The van der Waals surface area contributed by atoms with E-state index in [9.17, 15) is 4.79 Å². The van der Waals surface area contributed by atoms with E-state index in [-0.39, 0.29) is 11.9 Å². The van der Waals surface area contributed by atoms with Crippen LogP contribution in [0.25, 0.3) is 0 Å². The Morgan fingerprint density at radius 1 is 1.04 bits per heavy atom. The number of nitrogens with zero attached hydrogens (tertiary/aromatic N) is 1. The topological polar surface area (TPSA) is 95.2 Å². The van der Waals surface area contributed by atoms with Gasteiger partial charge in [0.25, 0.3) is 5.91 Å². The highest BCUT2D eigenvalue weighted by molar-refractivity contribution is 6.07. The fourth-order valence-electron chi connectivity index (χ4n) is 3.17. The summed E-state index contributed by atoms with van der Waals surface area (Å²) in [7, 11) is 4.64. The Balaban J connectivity index is 2.11. The lowest BCUT2D eigenvalue weighted by Crippen LogP contribution is -2.40. The maximum absolute atomic E-state index is 12.8. The molecule has 1 heterocycles. The second-order valence-corrected chi connectivity index (χ2v) is 5.89. The van der Waals surface area contributed by atoms with E-state index in [0.717, 1.165) is 11.1 Å². The number of ether oxygens (including phenoxy) is 3. The zero-order valence-corrected chi connectivity index (χ0v) is 14.9. The average molecular weight is 355 g/mol. The third kappa shape index (κ3) is 2.92. The van der Waals surface area contributed by atoms with Crippen LogP contribution >= 0.6 is 0 Å². The van der Waals surface area contributed by atoms with Crippen molar-refractivity contribution in [3.8, 4) is 17.2 Å². The molecule has 26 heavy (non-hydrogen) atoms. The zero-order chi connectivity index (χ0) is 18.7. The molecule has 3 rings (SSSR count). The van der Waals surface area contributed by atoms with E-state index in [2.05, 4.69) is 10.3 Å². The van der Waals surface area contributed by atoms with E-state index >= 15 is 0 Å². The van der Waals surface area contributed by atoms with E-state index in [0.29, 0.717) is 23.7 Å². The number of aliphatic imine (C=N–C) groups is 1. The molecule has 0 aromatic heterocycles. The summed E-state index contributed by atoms with van der Waals surface area (Å²) < 4.78 is 16.2. The minimum Gasteiger partial charge on any atom is -0.493 e. The molecule has 2 aromatic rings. The number of carbonyl (C=O) groups excluding carboxylic acids is 1. The fourth-order valence-corrected chi connectivity index (χ4v) is 3.17. The molecule has 0 fully saturated rings. The first kappa shape index (κ1) is 17.6. The van der Waals surface area contributed by atoms with Gasteiger partial charge in [0.1, 0.15) is 0 Å². The number of amides is 1. The number of methoxy groups -OCH3 is 3. The van der Waals surface area contributed by atoms with Gasteiger partial charge in [-0.3, -0.25) is 10.1 Å². The molecule has 3 N–H and O–H groups in total. The van der Waals surface area contributed by atoms with Crippen LogP contribution in [-0.4, -0.2) is 33.2 Å². The first-order valence-electron chi connectivity index (χ1n) is 8.05. The van der Waals surface area contributed by atoms with Crippen LogP contribution in [0.5, 0.6) is 17.2 Å². The quantitative estimate of drug-likeness (QED) is 0.821. The maximum atomic E-state index is 12.8. The molecule has 0 unspecified atom stereocenters. The molecule has 0 saturated heterocycles. The summed E-state index contributed by atoms with van der Waals surface area (Å²) >= 11 is 0. The molecule has 0 spiro atoms. The van der Waals surface area contributed by atoms with Crippen molar-refractivity contribution in [1.82, 2.24) is 5.32 Å². The number of nitrogens with one attached hydrogen (secondary N) is 1. The second kappa shape index (κ2) is 6.95. The third-order valence-corrected chi connectivity index (χ3v) is 4.36. The molecule has 2 aromatic carbocycles. The zero-order valence-electron chi connectivity index (χ0n) is 14.9. The molecule has 7 nitrogen and oxygen atoms in total. The Hall–Kier alpha value is -3.22. The van der Waals surface area contributed by atoms with Crippen molar-refractivity contribution in [2.45, 2.75) is 12.0 Å². The van der Waals surface area contributed by atoms with Crippen molar-refractivity contribution in [2.24, 2.45) is 10.7 Å². The molecule has 0 bridgehead atoms. The Morgan fingerprint density at radius 3 is 2.12 bits per heavy atom. The molecule has 1 amide bonds. The molecular weight excluding hydrogens is 334 g/mol. The van der Waals surface area contributed by atoms with Crippen molar-refractivity contribution < 1.29 is 19.0 Å². The standard InChI is InChI=1S/C19H21N3O4/c1-24-14-9-12(10-15(25-2)16(14)26-3)11-19(13-7-5-4-6-8-13)17(23)21-18(20)22-19/h4-10H,11H2,1-3H3,(H3,20,21,22,23)/t19-/m1/s1. The Labute approximate surface area is 151 Å². The monoisotopic (exact) mass is 355 g/mol. The molecule has 1 aliphatic rings. The van der Waals surface area contributed by atoms with Gasteiger partial charge in [-0.05, 0) is 23.3 Å². The third-order valence-electron chi connectivity index (χ3n) is 4.36. The summed E-state index contributed by atoms with van der Waals surface area (Å²) in [5.41, 5.74) is 6.21. The van der Waals surface area contributed by atoms with Gasteiger partial charge in [0.05, 0.1) is 21.3 Å². The highest BCUT2D eigenvalue weighted by atomic mass is 16.5. The molecule has 1 aliphatic heterocycles. The van der Waals surface area contributed by atoms with E-state index in [1.807, 2.05) is 42.5 Å². The van der Waals surface area contributed by atoms with Crippen molar-refractivity contribution in [1.29, 1.82) is 0 Å². The van der Waals surface area contributed by atoms with Gasteiger partial charge in [-0.25, -0.2) is 4.99 Å². The van der Waals surface area contributed by atoms with E-state index in [4.69, 9.17) is 19.9 Å². The van der Waals surface area contributed by atoms with Gasteiger partial charge in [0.15, 0.2) is 23.0 Å². The lowest BCUT2D eigenvalue weighted by Gasteiger charge is -2.25. The van der Waals surface area contributed by atoms with Crippen LogP contribution in [0.2, 0.25) is 0 Å². The fraction of sp³-hybridized carbons (Fsp3) is 0.263. The van der Waals surface area contributed by atoms with Gasteiger partial charge < -0.3 is 19.9 Å². The first-order valence-corrected chi connectivity index (χ1v) is 8.05. The van der Waals surface area contributed by atoms with Crippen molar-refractivity contribution in [3.63, 3.8) is 0 Å². The van der Waals surface area contributed by atoms with Gasteiger partial charge in [-0.15, -0.1) is 0 Å². The Bertz CT molecular complexity index is 826. The number of rotatable bonds is 6. The van der Waals surface area contributed by atoms with Gasteiger partial charge in [-0.2, -0.15) is 0 Å². The highest BCUT2D eigenvalue weighted by Crippen LogP contribution is 2.41. The normalized spacial score (nSPS) is 18.9. The minimum atomic E-state index is -1.14. The van der Waals surface area contributed by atoms with Crippen LogP contribution in [0, 0.1) is 0 Å². The van der Waals surface area contributed by atoms with Crippen molar-refractivity contribution in [3.05, 3.63) is 53.6 Å². The van der Waals surface area contributed by atoms with E-state index in [1.54, 1.807) is 21.3 Å². The van der Waals surface area contributed by atoms with Crippen LogP contribution < -0.4 is 25.3 Å². The Kier molecular flexibility index (Phi) is 4.71. The molecule has 7 heteroatoms. The van der Waals surface area contributed by atoms with E-state index < -0.39 is 5.54 Å². The lowest BCUT2D eigenvalue weighted by molar-refractivity contribution is -0.124. The van der Waals surface area contributed by atoms with Gasteiger partial charge >= 0.3 is 0 Å². The number of benzene rings is 2. The predicted octanol–water partition coefficient (Wildman–Crippen LogP) is 1.59. The largest absolute Gasteiger partial charge is 0.493 e. The predicted molar refractivity (Wildman–Crippen MR) is 97.7 cm³/mol. The summed E-state index contributed by atoms with van der Waals surface area (Å²) in [6.45, 7) is 0. The first-order chi connectivity index (χ1) is 12.5. The number of guanidine groups is 1. The van der Waals surface area contributed by atoms with Crippen molar-refractivity contribution >= 4 is 11.9 Å². The summed E-state index contributed by atoms with van der Waals surface area (Å²) in [6.07, 6.45) is 0.292. The smallest absolute Gasteiger partial charge is 0.259 e. The van der Waals surface area contributed by atoms with Crippen LogP contribution in [-0.2, 0) is 16.8 Å². The molecule has 136 valence electrons. The summed E-state index contributed by atoms with van der Waals surface area (Å²) in [5.74, 6) is 1.36. The van der Waals surface area contributed by atoms with Crippen LogP contribution in [0.3, 0.4) is 0 Å². The summed E-state index contributed by atoms with van der Waals surface area (Å²) in [4.78, 5) is 17.2. The number of nitrogens with two attached hydrogens (primary N) is 1. The highest BCUT2D eigenvalue weighted by Gasteiger charge is 2.45. The van der Waals surface area contributed by atoms with Crippen molar-refractivity contribution in [2.75, 3.05) is 21.3 Å². The van der Waals surface area contributed by atoms with Crippen LogP contribution in [0.15, 0.2) is 47.5 Å². The van der Waals surface area contributed by atoms with Gasteiger partial charge in [-0.1, -0.05) is 30.3 Å². The maximum Gasteiger partial charge on any atom is 0.259 e. The molecular formula is C19H21N3O4. The second-order valence-electron chi connectivity index (χ2n) is 5.89. The number of carbonyl (C=O) groups is 1. The summed E-state index contributed by atoms with van der Waals surface area (Å²) in [6, 6.07) is 13.0. The minimum absolute atomic E-state index is 0.103. The number of hydrogen-bond donors (Lipinski definition) is 2. The van der Waals surface area contributed by atoms with E-state index in [1.165, 1.54) is 0 Å². The summed E-state index contributed by atoms with van der Waals surface area (Å²) in [5, 5.41) is 2.61. The lowest BCUT2D eigenvalue weighted by atomic mass is 9.84. The van der Waals surface area contributed by atoms with Gasteiger partial charge in [0, 0.05) is 6.42 Å².